The molecular formula is C52H34F2N2O2. The summed E-state index contributed by atoms with van der Waals surface area (Å²) in [6, 6.07) is 66.3. The van der Waals surface area contributed by atoms with Crippen molar-refractivity contribution in [2.24, 2.45) is 0 Å². The van der Waals surface area contributed by atoms with Gasteiger partial charge in [-0.05, 0) is 131 Å². The molecule has 0 amide bonds. The van der Waals surface area contributed by atoms with Gasteiger partial charge in [-0.15, -0.1) is 0 Å². The van der Waals surface area contributed by atoms with Gasteiger partial charge in [0.1, 0.15) is 34.6 Å². The molecule has 0 N–H and O–H groups in total. The average Bonchev–Trinajstić information content (AvgIpc) is 3.26. The largest absolute Gasteiger partial charge is 0.457 e. The van der Waals surface area contributed by atoms with Crippen LogP contribution in [-0.4, -0.2) is 0 Å². The number of benzene rings is 10. The van der Waals surface area contributed by atoms with Crippen LogP contribution in [0, 0.1) is 11.6 Å². The summed E-state index contributed by atoms with van der Waals surface area (Å²) in [4.78, 5) is 4.51. The molecule has 0 saturated carbocycles. The molecule has 0 heterocycles. The highest BCUT2D eigenvalue weighted by molar-refractivity contribution is 6.28. The molecule has 0 aromatic heterocycles. The highest BCUT2D eigenvalue weighted by Gasteiger charge is 2.22. The molecule has 6 heteroatoms. The lowest BCUT2D eigenvalue weighted by Gasteiger charge is -2.29. The van der Waals surface area contributed by atoms with Crippen LogP contribution in [0.5, 0.6) is 23.0 Å². The molecule has 4 nitrogen and oxygen atoms in total. The quantitative estimate of drug-likeness (QED) is 0.130. The molecular weight excluding hydrogens is 723 g/mol. The maximum absolute atomic E-state index is 13.7. The standard InChI is InChI=1S/C52H34F2N2O2/c53-37-21-25-43(26-22-37)57-45-15-7-13-41(33-45)55(39-9-3-1-4-10-39)49-31-19-35-18-30-48-50(32-20-36-17-29-47(49)51(35)52(36)48)56(40-11-5-2-6-12-40)42-14-8-16-46(34-42)58-44-27-23-38(54)24-28-44/h1-34H. The smallest absolute Gasteiger partial charge is 0.129 e. The number of ether oxygens (including phenoxy) is 2. The molecule has 0 atom stereocenters. The van der Waals surface area contributed by atoms with Gasteiger partial charge in [0, 0.05) is 45.7 Å². The first-order chi connectivity index (χ1) is 28.6. The molecule has 10 aromatic rings. The third kappa shape index (κ3) is 6.56. The Morgan fingerprint density at radius 2 is 0.690 bits per heavy atom. The Balaban J connectivity index is 1.13. The first-order valence-electron chi connectivity index (χ1n) is 19.0. The molecule has 0 saturated heterocycles. The fourth-order valence-electron chi connectivity index (χ4n) is 7.82. The fraction of sp³-hybridized carbons (Fsp3) is 0. The van der Waals surface area contributed by atoms with Crippen molar-refractivity contribution >= 4 is 66.4 Å². The normalized spacial score (nSPS) is 11.3. The second kappa shape index (κ2) is 14.8. The van der Waals surface area contributed by atoms with E-state index in [0.29, 0.717) is 23.0 Å². The van der Waals surface area contributed by atoms with Crippen molar-refractivity contribution in [2.45, 2.75) is 0 Å². The van der Waals surface area contributed by atoms with Crippen LogP contribution < -0.4 is 19.3 Å². The lowest BCUT2D eigenvalue weighted by molar-refractivity contribution is 0.480. The Labute approximate surface area is 334 Å². The van der Waals surface area contributed by atoms with Crippen LogP contribution in [-0.2, 0) is 0 Å². The summed E-state index contributed by atoms with van der Waals surface area (Å²) in [5.74, 6) is 1.77. The van der Waals surface area contributed by atoms with Crippen LogP contribution in [0.2, 0.25) is 0 Å². The molecule has 10 aromatic carbocycles. The number of hydrogen-bond donors (Lipinski definition) is 0. The molecule has 0 unspecified atom stereocenters. The van der Waals surface area contributed by atoms with Crippen molar-refractivity contribution in [1.29, 1.82) is 0 Å². The molecule has 0 spiro atoms. The van der Waals surface area contributed by atoms with E-state index in [4.69, 9.17) is 9.47 Å². The van der Waals surface area contributed by atoms with E-state index in [-0.39, 0.29) is 11.6 Å². The molecule has 0 bridgehead atoms. The molecule has 10 rings (SSSR count). The highest BCUT2D eigenvalue weighted by Crippen LogP contribution is 2.48. The summed E-state index contributed by atoms with van der Waals surface area (Å²) >= 11 is 0. The van der Waals surface area contributed by atoms with Gasteiger partial charge in [-0.3, -0.25) is 0 Å². The van der Waals surface area contributed by atoms with E-state index in [2.05, 4.69) is 94.7 Å². The van der Waals surface area contributed by atoms with Crippen LogP contribution >= 0.6 is 0 Å². The van der Waals surface area contributed by atoms with Crippen LogP contribution in [0.1, 0.15) is 0 Å². The Morgan fingerprint density at radius 3 is 1.10 bits per heavy atom. The van der Waals surface area contributed by atoms with Crippen molar-refractivity contribution in [1.82, 2.24) is 0 Å². The Morgan fingerprint density at radius 1 is 0.310 bits per heavy atom. The van der Waals surface area contributed by atoms with Gasteiger partial charge in [-0.25, -0.2) is 8.78 Å². The van der Waals surface area contributed by atoms with Gasteiger partial charge in [0.15, 0.2) is 0 Å². The molecule has 0 radical (unpaired) electrons. The van der Waals surface area contributed by atoms with Crippen molar-refractivity contribution in [3.8, 4) is 23.0 Å². The third-order valence-electron chi connectivity index (χ3n) is 10.4. The predicted octanol–water partition coefficient (Wildman–Crippen LogP) is 15.4. The zero-order valence-electron chi connectivity index (χ0n) is 31.1. The van der Waals surface area contributed by atoms with Gasteiger partial charge in [0.25, 0.3) is 0 Å². The summed E-state index contributed by atoms with van der Waals surface area (Å²) in [7, 11) is 0. The Hall–Kier alpha value is -7.70. The SMILES string of the molecule is Fc1ccc(Oc2cccc(N(c3ccccc3)c3ccc4ccc5c(N(c6ccccc6)c6cccc(Oc7ccc(F)cc7)c6)ccc6ccc3c4c65)c2)cc1. The molecule has 0 aliphatic carbocycles. The van der Waals surface area contributed by atoms with E-state index in [9.17, 15) is 8.78 Å². The summed E-state index contributed by atoms with van der Waals surface area (Å²) in [6.07, 6.45) is 0. The maximum Gasteiger partial charge on any atom is 0.129 e. The minimum Gasteiger partial charge on any atom is -0.457 e. The van der Waals surface area contributed by atoms with Crippen molar-refractivity contribution < 1.29 is 18.3 Å². The Bertz CT molecular complexity index is 2820. The van der Waals surface area contributed by atoms with Crippen LogP contribution in [0.25, 0.3) is 32.3 Å². The van der Waals surface area contributed by atoms with Gasteiger partial charge < -0.3 is 19.3 Å². The van der Waals surface area contributed by atoms with Crippen LogP contribution in [0.15, 0.2) is 206 Å². The second-order valence-corrected chi connectivity index (χ2v) is 14.0. The third-order valence-corrected chi connectivity index (χ3v) is 10.4. The van der Waals surface area contributed by atoms with E-state index < -0.39 is 0 Å². The van der Waals surface area contributed by atoms with E-state index in [1.54, 1.807) is 24.3 Å². The summed E-state index contributed by atoms with van der Waals surface area (Å²) in [6.45, 7) is 0. The number of nitrogens with zero attached hydrogens (tertiary/aromatic N) is 2. The van der Waals surface area contributed by atoms with Crippen molar-refractivity contribution in [3.05, 3.63) is 218 Å². The lowest BCUT2D eigenvalue weighted by atomic mass is 9.91. The van der Waals surface area contributed by atoms with E-state index >= 15 is 0 Å². The summed E-state index contributed by atoms with van der Waals surface area (Å²) in [5, 5.41) is 6.79. The number of hydrogen-bond acceptors (Lipinski definition) is 4. The lowest BCUT2D eigenvalue weighted by Crippen LogP contribution is -2.11. The fourth-order valence-corrected chi connectivity index (χ4v) is 7.82. The summed E-state index contributed by atoms with van der Waals surface area (Å²) in [5.41, 5.74) is 5.86. The first kappa shape index (κ1) is 34.8. The molecule has 0 aliphatic rings. The first-order valence-corrected chi connectivity index (χ1v) is 19.0. The number of rotatable bonds is 10. The van der Waals surface area contributed by atoms with Crippen molar-refractivity contribution in [3.63, 3.8) is 0 Å². The zero-order chi connectivity index (χ0) is 39.0. The van der Waals surface area contributed by atoms with E-state index in [1.807, 2.05) is 72.8 Å². The van der Waals surface area contributed by atoms with Gasteiger partial charge in [0.2, 0.25) is 0 Å². The molecule has 58 heavy (non-hydrogen) atoms. The maximum atomic E-state index is 13.7. The van der Waals surface area contributed by atoms with Gasteiger partial charge in [-0.1, -0.05) is 84.9 Å². The topological polar surface area (TPSA) is 24.9 Å². The molecule has 0 aliphatic heterocycles. The van der Waals surface area contributed by atoms with Crippen LogP contribution in [0.4, 0.5) is 42.9 Å². The summed E-state index contributed by atoms with van der Waals surface area (Å²) < 4.78 is 39.8. The van der Waals surface area contributed by atoms with Crippen LogP contribution in [0.3, 0.4) is 0 Å². The van der Waals surface area contributed by atoms with E-state index in [0.717, 1.165) is 66.4 Å². The van der Waals surface area contributed by atoms with Crippen molar-refractivity contribution in [2.75, 3.05) is 9.80 Å². The molecule has 278 valence electrons. The number of para-hydroxylation sites is 2. The predicted molar refractivity (Wildman–Crippen MR) is 232 cm³/mol. The second-order valence-electron chi connectivity index (χ2n) is 14.0. The highest BCUT2D eigenvalue weighted by atomic mass is 19.1. The van der Waals surface area contributed by atoms with Gasteiger partial charge >= 0.3 is 0 Å². The van der Waals surface area contributed by atoms with Gasteiger partial charge in [-0.2, -0.15) is 0 Å². The van der Waals surface area contributed by atoms with E-state index in [1.165, 1.54) is 24.3 Å². The Kier molecular flexibility index (Phi) is 8.84. The molecule has 0 fully saturated rings. The average molecular weight is 757 g/mol. The minimum absolute atomic E-state index is 0.312. The van der Waals surface area contributed by atoms with Gasteiger partial charge in [0.05, 0.1) is 11.4 Å². The number of halogens is 2. The zero-order valence-corrected chi connectivity index (χ0v) is 31.1. The minimum atomic E-state index is -0.312. The number of anilines is 6. The monoisotopic (exact) mass is 756 g/mol.